The van der Waals surface area contributed by atoms with Crippen LogP contribution in [0.4, 0.5) is 0 Å². The highest BCUT2D eigenvalue weighted by atomic mass is 16.3. The van der Waals surface area contributed by atoms with E-state index in [-0.39, 0.29) is 11.5 Å². The summed E-state index contributed by atoms with van der Waals surface area (Å²) >= 11 is 0. The minimum atomic E-state index is 0.0489. The van der Waals surface area contributed by atoms with E-state index in [4.69, 9.17) is 0 Å². The van der Waals surface area contributed by atoms with Crippen LogP contribution >= 0.6 is 0 Å². The Morgan fingerprint density at radius 3 is 1.25 bits per heavy atom. The lowest BCUT2D eigenvalue weighted by Gasteiger charge is -2.10. The van der Waals surface area contributed by atoms with E-state index in [0.717, 1.165) is 62.7 Å². The molecule has 0 aliphatic heterocycles. The smallest absolute Gasteiger partial charge is 0.169 e. The molecular formula is C32H46N2O2+2. The number of nitrogens with zero attached hydrogens (tertiary/aromatic N) is 2. The van der Waals surface area contributed by atoms with Gasteiger partial charge >= 0.3 is 0 Å². The van der Waals surface area contributed by atoms with Crippen molar-refractivity contribution in [2.45, 2.75) is 104 Å². The second-order valence-electron chi connectivity index (χ2n) is 10.1. The molecule has 0 aliphatic carbocycles. The Labute approximate surface area is 218 Å². The third-order valence-corrected chi connectivity index (χ3v) is 7.10. The Hall–Kier alpha value is -2.88. The summed E-state index contributed by atoms with van der Waals surface area (Å²) in [6, 6.07) is 12.8. The van der Waals surface area contributed by atoms with Gasteiger partial charge in [-0.1, -0.05) is 51.7 Å². The molecule has 194 valence electrons. The van der Waals surface area contributed by atoms with Crippen LogP contribution in [0.5, 0.6) is 11.5 Å². The molecule has 4 nitrogen and oxygen atoms in total. The number of aryl methyl sites for hydroxylation is 6. The number of phenols is 2. The van der Waals surface area contributed by atoms with Crippen LogP contribution in [0, 0.1) is 0 Å². The number of phenolic OH excluding ortho intramolecular Hbond substituents is 2. The van der Waals surface area contributed by atoms with Crippen molar-refractivity contribution in [2.75, 3.05) is 0 Å². The van der Waals surface area contributed by atoms with Gasteiger partial charge in [-0.25, -0.2) is 9.13 Å². The molecule has 0 bridgehead atoms. The first-order valence-corrected chi connectivity index (χ1v) is 14.1. The maximum absolute atomic E-state index is 10.6. The van der Waals surface area contributed by atoms with Gasteiger partial charge in [0, 0.05) is 37.1 Å². The fraction of sp³-hybridized carbons (Fsp3) is 0.500. The Morgan fingerprint density at radius 2 is 0.889 bits per heavy atom. The van der Waals surface area contributed by atoms with Gasteiger partial charge in [-0.3, -0.25) is 0 Å². The summed E-state index contributed by atoms with van der Waals surface area (Å²) in [7, 11) is 0. The number of unbranched alkanes of at least 4 members (excludes halogenated alkanes) is 4. The Bertz CT molecular complexity index is 945. The van der Waals surface area contributed by atoms with Crippen molar-refractivity contribution in [1.29, 1.82) is 0 Å². The first kappa shape index (κ1) is 27.7. The van der Waals surface area contributed by atoms with Crippen molar-refractivity contribution in [1.82, 2.24) is 0 Å². The van der Waals surface area contributed by atoms with Gasteiger partial charge in [0.15, 0.2) is 36.3 Å². The van der Waals surface area contributed by atoms with Gasteiger partial charge in [-0.15, -0.1) is 0 Å². The van der Waals surface area contributed by atoms with Crippen molar-refractivity contribution < 1.29 is 19.3 Å². The molecule has 0 radical (unpaired) electrons. The van der Waals surface area contributed by atoms with E-state index in [1.807, 2.05) is 12.1 Å². The van der Waals surface area contributed by atoms with Gasteiger partial charge < -0.3 is 10.2 Å². The quantitative estimate of drug-likeness (QED) is 0.139. The predicted octanol–water partition coefficient (Wildman–Crippen LogP) is 6.40. The van der Waals surface area contributed by atoms with E-state index in [1.54, 1.807) is 0 Å². The highest BCUT2D eigenvalue weighted by molar-refractivity contribution is 5.50. The molecule has 0 fully saturated rings. The molecular weight excluding hydrogens is 444 g/mol. The molecule has 2 N–H and O–H groups in total. The number of aromatic nitrogens is 2. The molecule has 0 saturated carbocycles. The molecule has 0 saturated heterocycles. The van der Waals surface area contributed by atoms with Crippen LogP contribution in [0.1, 0.15) is 87.5 Å². The standard InChI is InChI=1S/C32H44N2O2/c1-3-5-7-11-27-17-23-33(24-18-27)21-9-13-29-15-16-30(32(36)31(29)35)14-10-22-34-25-19-28(20-26-34)12-8-6-4-2/h15-20,23-26H,3-14,21-22H2,1-2H3/p+2. The number of pyridine rings is 2. The SMILES string of the molecule is CCCCCc1cc[n+](CCCc2ccc(CCC[n+]3ccc(CCCCC)cc3)c(O)c2O)cc1. The van der Waals surface area contributed by atoms with Crippen LogP contribution in [-0.4, -0.2) is 10.2 Å². The number of benzene rings is 1. The van der Waals surface area contributed by atoms with E-state index in [1.165, 1.54) is 49.7 Å². The number of aromatic hydroxyl groups is 2. The summed E-state index contributed by atoms with van der Waals surface area (Å²) in [5, 5.41) is 21.2. The van der Waals surface area contributed by atoms with E-state index in [9.17, 15) is 10.2 Å². The van der Waals surface area contributed by atoms with Gasteiger partial charge in [-0.2, -0.15) is 0 Å². The molecule has 0 aliphatic rings. The molecule has 0 spiro atoms. The summed E-state index contributed by atoms with van der Waals surface area (Å²) < 4.78 is 4.40. The monoisotopic (exact) mass is 490 g/mol. The van der Waals surface area contributed by atoms with Crippen molar-refractivity contribution in [3.63, 3.8) is 0 Å². The van der Waals surface area contributed by atoms with Crippen molar-refractivity contribution >= 4 is 0 Å². The zero-order valence-electron chi connectivity index (χ0n) is 22.5. The van der Waals surface area contributed by atoms with Crippen molar-refractivity contribution in [3.05, 3.63) is 83.4 Å². The Kier molecular flexibility index (Phi) is 11.8. The lowest BCUT2D eigenvalue weighted by atomic mass is 10.0. The van der Waals surface area contributed by atoms with Crippen LogP contribution in [0.25, 0.3) is 0 Å². The second kappa shape index (κ2) is 15.3. The summed E-state index contributed by atoms with van der Waals surface area (Å²) in [5.41, 5.74) is 4.44. The average Bonchev–Trinajstić information content (AvgIpc) is 2.90. The first-order valence-electron chi connectivity index (χ1n) is 14.1. The lowest BCUT2D eigenvalue weighted by Crippen LogP contribution is -2.33. The summed E-state index contributed by atoms with van der Waals surface area (Å²) in [4.78, 5) is 0. The maximum Gasteiger partial charge on any atom is 0.169 e. The average molecular weight is 491 g/mol. The lowest BCUT2D eigenvalue weighted by molar-refractivity contribution is -0.697. The van der Waals surface area contributed by atoms with E-state index < -0.39 is 0 Å². The second-order valence-corrected chi connectivity index (χ2v) is 10.1. The molecule has 0 amide bonds. The third-order valence-electron chi connectivity index (χ3n) is 7.10. The fourth-order valence-corrected chi connectivity index (χ4v) is 4.74. The van der Waals surface area contributed by atoms with Gasteiger partial charge in [0.05, 0.1) is 0 Å². The zero-order valence-corrected chi connectivity index (χ0v) is 22.5. The Balaban J connectivity index is 1.43. The molecule has 3 aromatic rings. The molecule has 3 rings (SSSR count). The summed E-state index contributed by atoms with van der Waals surface area (Å²) in [6.45, 7) is 6.26. The van der Waals surface area contributed by atoms with Crippen LogP contribution in [0.15, 0.2) is 61.2 Å². The fourth-order valence-electron chi connectivity index (χ4n) is 4.74. The van der Waals surface area contributed by atoms with Crippen LogP contribution in [-0.2, 0) is 38.8 Å². The Morgan fingerprint density at radius 1 is 0.500 bits per heavy atom. The van der Waals surface area contributed by atoms with Crippen molar-refractivity contribution in [2.24, 2.45) is 0 Å². The van der Waals surface area contributed by atoms with E-state index in [2.05, 4.69) is 72.0 Å². The summed E-state index contributed by atoms with van der Waals surface area (Å²) in [6.07, 6.45) is 21.8. The van der Waals surface area contributed by atoms with Gasteiger partial charge in [0.2, 0.25) is 0 Å². The summed E-state index contributed by atoms with van der Waals surface area (Å²) in [5.74, 6) is 0.0979. The van der Waals surface area contributed by atoms with Gasteiger partial charge in [0.1, 0.15) is 13.1 Å². The largest absolute Gasteiger partial charge is 0.504 e. The van der Waals surface area contributed by atoms with E-state index in [0.29, 0.717) is 0 Å². The highest BCUT2D eigenvalue weighted by Gasteiger charge is 2.13. The number of hydrogen-bond acceptors (Lipinski definition) is 2. The number of hydrogen-bond donors (Lipinski definition) is 2. The van der Waals surface area contributed by atoms with Crippen LogP contribution < -0.4 is 9.13 Å². The maximum atomic E-state index is 10.6. The zero-order chi connectivity index (χ0) is 25.6. The normalized spacial score (nSPS) is 11.2. The van der Waals surface area contributed by atoms with Crippen LogP contribution in [0.3, 0.4) is 0 Å². The molecule has 2 heterocycles. The first-order chi connectivity index (χ1) is 17.6. The molecule has 0 atom stereocenters. The van der Waals surface area contributed by atoms with Gasteiger partial charge in [0.25, 0.3) is 0 Å². The molecule has 0 unspecified atom stereocenters. The third kappa shape index (κ3) is 8.96. The van der Waals surface area contributed by atoms with E-state index >= 15 is 0 Å². The molecule has 1 aromatic carbocycles. The van der Waals surface area contributed by atoms with Crippen LogP contribution in [0.2, 0.25) is 0 Å². The number of rotatable bonds is 16. The minimum absolute atomic E-state index is 0.0489. The van der Waals surface area contributed by atoms with Crippen molar-refractivity contribution in [3.8, 4) is 11.5 Å². The predicted molar refractivity (Wildman–Crippen MR) is 146 cm³/mol. The molecule has 36 heavy (non-hydrogen) atoms. The molecule has 4 heteroatoms. The molecule has 2 aromatic heterocycles. The minimum Gasteiger partial charge on any atom is -0.504 e. The highest BCUT2D eigenvalue weighted by Crippen LogP contribution is 2.34. The van der Waals surface area contributed by atoms with Gasteiger partial charge in [-0.05, 0) is 60.8 Å². The topological polar surface area (TPSA) is 48.2 Å².